The summed E-state index contributed by atoms with van der Waals surface area (Å²) in [5.41, 5.74) is 1.13. The van der Waals surface area contributed by atoms with Crippen LogP contribution < -0.4 is 15.4 Å². The molecule has 4 nitrogen and oxygen atoms in total. The third kappa shape index (κ3) is 5.50. The van der Waals surface area contributed by atoms with Crippen LogP contribution in [0, 0.1) is 0 Å². The number of nitrogens with one attached hydrogen (secondary N) is 2. The first-order valence-corrected chi connectivity index (χ1v) is 7.57. The molecular formula is C13H18Br2N2O2. The SMILES string of the molecule is CNCc1cc(Br)c(OCC(=O)NC(C)C)c(Br)c1. The Morgan fingerprint density at radius 3 is 2.37 bits per heavy atom. The van der Waals surface area contributed by atoms with Crippen LogP contribution >= 0.6 is 31.9 Å². The Bertz CT molecular complexity index is 427. The summed E-state index contributed by atoms with van der Waals surface area (Å²) in [6.45, 7) is 4.60. The molecule has 0 aliphatic carbocycles. The van der Waals surface area contributed by atoms with E-state index in [0.29, 0.717) is 5.75 Å². The maximum atomic E-state index is 11.5. The van der Waals surface area contributed by atoms with Gasteiger partial charge in [-0.2, -0.15) is 0 Å². The third-order valence-corrected chi connectivity index (χ3v) is 3.41. The van der Waals surface area contributed by atoms with E-state index in [1.165, 1.54) is 0 Å². The van der Waals surface area contributed by atoms with Crippen molar-refractivity contribution in [1.29, 1.82) is 0 Å². The molecule has 0 saturated heterocycles. The van der Waals surface area contributed by atoms with E-state index in [1.807, 2.05) is 33.0 Å². The zero-order valence-corrected chi connectivity index (χ0v) is 14.4. The quantitative estimate of drug-likeness (QED) is 0.781. The van der Waals surface area contributed by atoms with E-state index in [9.17, 15) is 4.79 Å². The minimum atomic E-state index is -0.131. The second-order valence-corrected chi connectivity index (χ2v) is 6.14. The first-order valence-electron chi connectivity index (χ1n) is 5.98. The molecule has 0 unspecified atom stereocenters. The molecule has 106 valence electrons. The predicted molar refractivity (Wildman–Crippen MR) is 83.4 cm³/mol. The molecule has 0 saturated carbocycles. The van der Waals surface area contributed by atoms with Gasteiger partial charge in [-0.1, -0.05) is 0 Å². The molecule has 0 aliphatic heterocycles. The van der Waals surface area contributed by atoms with Gasteiger partial charge in [-0.05, 0) is 70.5 Å². The van der Waals surface area contributed by atoms with E-state index in [1.54, 1.807) is 0 Å². The van der Waals surface area contributed by atoms with Gasteiger partial charge >= 0.3 is 0 Å². The largest absolute Gasteiger partial charge is 0.481 e. The Hall–Kier alpha value is -0.590. The minimum Gasteiger partial charge on any atom is -0.481 e. The fourth-order valence-corrected chi connectivity index (χ4v) is 3.07. The maximum Gasteiger partial charge on any atom is 0.258 e. The van der Waals surface area contributed by atoms with Gasteiger partial charge in [0.2, 0.25) is 0 Å². The van der Waals surface area contributed by atoms with Gasteiger partial charge in [0.15, 0.2) is 6.61 Å². The Kier molecular flexibility index (Phi) is 6.82. The lowest BCUT2D eigenvalue weighted by atomic mass is 10.2. The molecule has 0 radical (unpaired) electrons. The molecule has 1 rings (SSSR count). The molecule has 6 heteroatoms. The monoisotopic (exact) mass is 392 g/mol. The molecule has 0 atom stereocenters. The van der Waals surface area contributed by atoms with E-state index in [2.05, 4.69) is 42.5 Å². The van der Waals surface area contributed by atoms with Gasteiger partial charge in [0.1, 0.15) is 5.75 Å². The van der Waals surface area contributed by atoms with Gasteiger partial charge in [0.05, 0.1) is 8.95 Å². The van der Waals surface area contributed by atoms with Crippen LogP contribution in [0.3, 0.4) is 0 Å². The lowest BCUT2D eigenvalue weighted by molar-refractivity contribution is -0.123. The highest BCUT2D eigenvalue weighted by atomic mass is 79.9. The molecule has 0 fully saturated rings. The Morgan fingerprint density at radius 2 is 1.89 bits per heavy atom. The van der Waals surface area contributed by atoms with Gasteiger partial charge in [-0.25, -0.2) is 0 Å². The number of hydrogen-bond donors (Lipinski definition) is 2. The van der Waals surface area contributed by atoms with E-state index >= 15 is 0 Å². The molecule has 1 amide bonds. The van der Waals surface area contributed by atoms with Crippen molar-refractivity contribution >= 4 is 37.8 Å². The molecule has 0 spiro atoms. The first kappa shape index (κ1) is 16.5. The van der Waals surface area contributed by atoms with Crippen LogP contribution in [0.4, 0.5) is 0 Å². The summed E-state index contributed by atoms with van der Waals surface area (Å²) >= 11 is 6.91. The average Bonchev–Trinajstić information content (AvgIpc) is 2.27. The van der Waals surface area contributed by atoms with Crippen LogP contribution in [-0.4, -0.2) is 25.6 Å². The second kappa shape index (κ2) is 7.87. The lowest BCUT2D eigenvalue weighted by Crippen LogP contribution is -2.34. The fourth-order valence-electron chi connectivity index (χ4n) is 1.56. The van der Waals surface area contributed by atoms with Crippen molar-refractivity contribution in [2.24, 2.45) is 0 Å². The highest BCUT2D eigenvalue weighted by molar-refractivity contribution is 9.11. The van der Waals surface area contributed by atoms with E-state index in [4.69, 9.17) is 4.74 Å². The highest BCUT2D eigenvalue weighted by Gasteiger charge is 2.11. The van der Waals surface area contributed by atoms with Crippen molar-refractivity contribution in [2.75, 3.05) is 13.7 Å². The molecule has 1 aromatic rings. The smallest absolute Gasteiger partial charge is 0.258 e. The number of rotatable bonds is 6. The number of carbonyl (C=O) groups is 1. The maximum absolute atomic E-state index is 11.5. The van der Waals surface area contributed by atoms with Crippen LogP contribution in [0.25, 0.3) is 0 Å². The Balaban J connectivity index is 2.71. The Labute approximate surface area is 130 Å². The first-order chi connectivity index (χ1) is 8.93. The van der Waals surface area contributed by atoms with Crippen molar-refractivity contribution in [3.63, 3.8) is 0 Å². The highest BCUT2D eigenvalue weighted by Crippen LogP contribution is 2.34. The summed E-state index contributed by atoms with van der Waals surface area (Å²) in [4.78, 5) is 11.5. The molecule has 2 N–H and O–H groups in total. The van der Waals surface area contributed by atoms with E-state index in [-0.39, 0.29) is 18.6 Å². The fraction of sp³-hybridized carbons (Fsp3) is 0.462. The van der Waals surface area contributed by atoms with E-state index < -0.39 is 0 Å². The molecule has 0 bridgehead atoms. The normalized spacial score (nSPS) is 10.6. The van der Waals surface area contributed by atoms with Crippen molar-refractivity contribution < 1.29 is 9.53 Å². The standard InChI is InChI=1S/C13H18Br2N2O2/c1-8(2)17-12(18)7-19-13-10(14)4-9(6-16-3)5-11(13)15/h4-5,8,16H,6-7H2,1-3H3,(H,17,18). The molecule has 1 aromatic carbocycles. The summed E-state index contributed by atoms with van der Waals surface area (Å²) in [5, 5.41) is 5.86. The molecule has 0 aliphatic rings. The van der Waals surface area contributed by atoms with Gasteiger partial charge in [0.25, 0.3) is 5.91 Å². The van der Waals surface area contributed by atoms with Crippen LogP contribution in [-0.2, 0) is 11.3 Å². The van der Waals surface area contributed by atoms with Crippen LogP contribution in [0.15, 0.2) is 21.1 Å². The summed E-state index contributed by atoms with van der Waals surface area (Å²) in [5.74, 6) is 0.506. The number of halogens is 2. The van der Waals surface area contributed by atoms with Crippen molar-refractivity contribution in [3.05, 3.63) is 26.6 Å². The molecule has 0 aromatic heterocycles. The number of amides is 1. The molecule has 0 heterocycles. The van der Waals surface area contributed by atoms with Crippen molar-refractivity contribution in [3.8, 4) is 5.75 Å². The lowest BCUT2D eigenvalue weighted by Gasteiger charge is -2.13. The number of ether oxygens (including phenoxy) is 1. The summed E-state index contributed by atoms with van der Waals surface area (Å²) < 4.78 is 7.18. The zero-order valence-electron chi connectivity index (χ0n) is 11.2. The average molecular weight is 394 g/mol. The summed E-state index contributed by atoms with van der Waals surface area (Å²) in [6, 6.07) is 4.05. The van der Waals surface area contributed by atoms with Crippen molar-refractivity contribution in [2.45, 2.75) is 26.4 Å². The van der Waals surface area contributed by atoms with Gasteiger partial charge in [-0.3, -0.25) is 4.79 Å². The van der Waals surface area contributed by atoms with E-state index in [0.717, 1.165) is 21.1 Å². The van der Waals surface area contributed by atoms with Crippen LogP contribution in [0.2, 0.25) is 0 Å². The Morgan fingerprint density at radius 1 is 1.32 bits per heavy atom. The summed E-state index contributed by atoms with van der Waals surface area (Å²) in [6.07, 6.45) is 0. The van der Waals surface area contributed by atoms with Crippen LogP contribution in [0.5, 0.6) is 5.75 Å². The van der Waals surface area contributed by atoms with Gasteiger partial charge in [0, 0.05) is 12.6 Å². The summed E-state index contributed by atoms with van der Waals surface area (Å²) in [7, 11) is 1.89. The number of benzene rings is 1. The third-order valence-electron chi connectivity index (χ3n) is 2.24. The van der Waals surface area contributed by atoms with Crippen LogP contribution in [0.1, 0.15) is 19.4 Å². The minimum absolute atomic E-state index is 0.000748. The van der Waals surface area contributed by atoms with Gasteiger partial charge < -0.3 is 15.4 Å². The number of hydrogen-bond acceptors (Lipinski definition) is 3. The molecular weight excluding hydrogens is 376 g/mol. The van der Waals surface area contributed by atoms with Crippen molar-refractivity contribution in [1.82, 2.24) is 10.6 Å². The number of carbonyl (C=O) groups excluding carboxylic acids is 1. The second-order valence-electron chi connectivity index (χ2n) is 4.43. The van der Waals surface area contributed by atoms with Gasteiger partial charge in [-0.15, -0.1) is 0 Å². The predicted octanol–water partition coefficient (Wildman–Crippen LogP) is 2.83. The topological polar surface area (TPSA) is 50.4 Å². The zero-order chi connectivity index (χ0) is 14.4. The molecule has 19 heavy (non-hydrogen) atoms.